The Labute approximate surface area is 322 Å². The number of phenols is 1. The number of phenolic OH excluding ortho intramolecular Hbond substituents is 1. The third-order valence-electron chi connectivity index (χ3n) is 11.2. The molecule has 3 heterocycles. The molecule has 1 saturated heterocycles. The Morgan fingerprint density at radius 3 is 1.82 bits per heavy atom. The Morgan fingerprint density at radius 1 is 0.673 bits per heavy atom. The summed E-state index contributed by atoms with van der Waals surface area (Å²) in [6.07, 6.45) is 5.22. The number of cyclic esters (lactones) is 2. The maximum atomic E-state index is 13.0. The number of hydrogen-bond acceptors (Lipinski definition) is 11. The lowest BCUT2D eigenvalue weighted by Gasteiger charge is -2.19. The predicted molar refractivity (Wildman–Crippen MR) is 203 cm³/mol. The largest absolute Gasteiger partial charge is 0.507 e. The number of fused-ring (bicyclic) bond motifs is 7. The Morgan fingerprint density at radius 2 is 1.20 bits per heavy atom. The summed E-state index contributed by atoms with van der Waals surface area (Å²) in [4.78, 5) is 50.2. The van der Waals surface area contributed by atoms with Gasteiger partial charge in [0.1, 0.15) is 35.7 Å². The van der Waals surface area contributed by atoms with E-state index in [2.05, 4.69) is 13.0 Å². The zero-order valence-electron chi connectivity index (χ0n) is 32.7. The van der Waals surface area contributed by atoms with Crippen LogP contribution in [0.2, 0.25) is 0 Å². The molecule has 7 rings (SSSR count). The lowest BCUT2D eigenvalue weighted by atomic mass is 9.93. The van der Waals surface area contributed by atoms with Gasteiger partial charge in [0.25, 0.3) is 0 Å². The number of carbonyl (C=O) groups excluding carboxylic acids is 4. The van der Waals surface area contributed by atoms with Gasteiger partial charge in [-0.3, -0.25) is 9.59 Å². The number of aryl methyl sites for hydroxylation is 3. The SMILES string of the molecule is Cc1cc(C)c2c(c1)C1CC1C[C@@H]1OC(C)(C)O[C@@H]1C(=O)/C=C\C[C@H](C)OC2=O.Cc1cc(O)c2c(c1)C1CC1C[C@H](O)[C@H](O)C(=O)/C=C\C[C@H](C)OC2=O. The highest BCUT2D eigenvalue weighted by Crippen LogP contribution is 2.54. The smallest absolute Gasteiger partial charge is 0.342 e. The molecule has 2 saturated carbocycles. The Bertz CT molecular complexity index is 1890. The first-order chi connectivity index (χ1) is 25.9. The second-order valence-corrected chi connectivity index (χ2v) is 16.6. The van der Waals surface area contributed by atoms with Gasteiger partial charge in [-0.15, -0.1) is 0 Å². The molecule has 2 aromatic rings. The van der Waals surface area contributed by atoms with E-state index in [0.29, 0.717) is 29.9 Å². The minimum atomic E-state index is -1.46. The molecule has 55 heavy (non-hydrogen) atoms. The number of carbonyl (C=O) groups is 4. The van der Waals surface area contributed by atoms with Gasteiger partial charge in [0.2, 0.25) is 0 Å². The van der Waals surface area contributed by atoms with E-state index in [1.807, 2.05) is 46.8 Å². The van der Waals surface area contributed by atoms with Crippen molar-refractivity contribution in [2.75, 3.05) is 0 Å². The monoisotopic (exact) mass is 758 g/mol. The van der Waals surface area contributed by atoms with Crippen molar-refractivity contribution in [2.24, 2.45) is 11.8 Å². The number of benzene rings is 2. The second kappa shape index (κ2) is 16.1. The van der Waals surface area contributed by atoms with E-state index in [-0.39, 0.29) is 65.9 Å². The molecular weight excluding hydrogens is 704 g/mol. The third-order valence-corrected chi connectivity index (χ3v) is 11.2. The topological polar surface area (TPSA) is 166 Å². The summed E-state index contributed by atoms with van der Waals surface area (Å²) in [6.45, 7) is 13.1. The van der Waals surface area contributed by atoms with Crippen molar-refractivity contribution < 1.29 is 53.4 Å². The molecule has 11 nitrogen and oxygen atoms in total. The molecule has 5 aliphatic rings. The van der Waals surface area contributed by atoms with Gasteiger partial charge in [0.15, 0.2) is 17.4 Å². The van der Waals surface area contributed by atoms with Gasteiger partial charge < -0.3 is 34.3 Å². The highest BCUT2D eigenvalue weighted by Gasteiger charge is 2.50. The van der Waals surface area contributed by atoms with Gasteiger partial charge >= 0.3 is 11.9 Å². The molecule has 11 heteroatoms. The number of ether oxygens (including phenoxy) is 4. The van der Waals surface area contributed by atoms with Crippen LogP contribution in [0.15, 0.2) is 48.6 Å². The maximum Gasteiger partial charge on any atom is 0.342 e. The molecule has 0 amide bonds. The first-order valence-electron chi connectivity index (χ1n) is 19.4. The summed E-state index contributed by atoms with van der Waals surface area (Å²) in [5, 5.41) is 30.5. The van der Waals surface area contributed by atoms with Gasteiger partial charge in [0.05, 0.1) is 17.8 Å². The first kappa shape index (κ1) is 40.5. The Balaban J connectivity index is 0.000000188. The molecule has 2 aliphatic carbocycles. The number of rotatable bonds is 0. The van der Waals surface area contributed by atoms with Crippen molar-refractivity contribution in [3.05, 3.63) is 87.5 Å². The maximum absolute atomic E-state index is 13.0. The highest BCUT2D eigenvalue weighted by atomic mass is 16.8. The lowest BCUT2D eigenvalue weighted by Crippen LogP contribution is -2.33. The van der Waals surface area contributed by atoms with E-state index < -0.39 is 42.0 Å². The summed E-state index contributed by atoms with van der Waals surface area (Å²) in [5.41, 5.74) is 5.57. The van der Waals surface area contributed by atoms with E-state index in [4.69, 9.17) is 18.9 Å². The van der Waals surface area contributed by atoms with Crippen LogP contribution in [0.25, 0.3) is 0 Å². The molecule has 296 valence electrons. The Hall–Kier alpha value is -4.16. The van der Waals surface area contributed by atoms with Crippen molar-refractivity contribution >= 4 is 23.5 Å². The third kappa shape index (κ3) is 9.45. The van der Waals surface area contributed by atoms with Crippen LogP contribution >= 0.6 is 0 Å². The minimum Gasteiger partial charge on any atom is -0.507 e. The van der Waals surface area contributed by atoms with Crippen molar-refractivity contribution in [3.63, 3.8) is 0 Å². The number of esters is 2. The van der Waals surface area contributed by atoms with E-state index in [9.17, 15) is 34.5 Å². The minimum absolute atomic E-state index is 0.0194. The molecule has 3 N–H and O–H groups in total. The van der Waals surface area contributed by atoms with E-state index in [1.165, 1.54) is 18.2 Å². The number of aliphatic hydroxyl groups is 2. The van der Waals surface area contributed by atoms with Crippen LogP contribution < -0.4 is 0 Å². The lowest BCUT2D eigenvalue weighted by molar-refractivity contribution is -0.153. The summed E-state index contributed by atoms with van der Waals surface area (Å²) in [7, 11) is 0. The van der Waals surface area contributed by atoms with Gasteiger partial charge in [-0.1, -0.05) is 35.9 Å². The quantitative estimate of drug-likeness (QED) is 0.255. The van der Waals surface area contributed by atoms with Gasteiger partial charge in [-0.25, -0.2) is 9.59 Å². The van der Waals surface area contributed by atoms with Gasteiger partial charge in [0, 0.05) is 12.8 Å². The van der Waals surface area contributed by atoms with E-state index in [0.717, 1.165) is 35.1 Å². The van der Waals surface area contributed by atoms with Crippen LogP contribution in [-0.4, -0.2) is 81.2 Å². The van der Waals surface area contributed by atoms with E-state index >= 15 is 0 Å². The molecule has 2 aromatic carbocycles. The molecule has 0 radical (unpaired) electrons. The van der Waals surface area contributed by atoms with Crippen LogP contribution in [0.4, 0.5) is 0 Å². The molecule has 0 aromatic heterocycles. The van der Waals surface area contributed by atoms with Crippen LogP contribution in [-0.2, 0) is 28.5 Å². The molecule has 3 fully saturated rings. The standard InChI is InChI=1S/C24H30O5.C20H24O6/c1-13-9-14(2)21-18(10-13)17-11-16(17)12-20-22(29-24(4,5)28-20)19(25)8-6-7-15(3)27-23(21)26;1-10-6-14-13-8-12(13)9-17(23)19(24)15(21)5-3-4-11(2)26-20(25)18(14)16(22)7-10/h6,8-10,15-17,20,22H,7,11-12H2,1-5H3;3,5-7,11-13,17,19,22-24H,4,8-9H2,1-2H3/b8-6-;5-3-/t15-,16?,17?,20-,22+;11-,12?,13?,17-,19+/m00/s1. The van der Waals surface area contributed by atoms with Crippen LogP contribution in [0, 0.1) is 32.6 Å². The van der Waals surface area contributed by atoms with Crippen molar-refractivity contribution in [3.8, 4) is 5.75 Å². The molecular formula is C44H54O11. The fourth-order valence-electron chi connectivity index (χ4n) is 8.36. The average Bonchev–Trinajstić information content (AvgIpc) is 4.00. The number of hydrogen-bond donors (Lipinski definition) is 3. The number of ketones is 2. The summed E-state index contributed by atoms with van der Waals surface area (Å²) in [5.74, 6) is -1.72. The predicted octanol–water partition coefficient (Wildman–Crippen LogP) is 6.38. The summed E-state index contributed by atoms with van der Waals surface area (Å²) < 4.78 is 23.1. The zero-order chi connectivity index (χ0) is 39.9. The molecule has 0 spiro atoms. The van der Waals surface area contributed by atoms with Gasteiger partial charge in [-0.05, 0) is 138 Å². The molecule has 3 aliphatic heterocycles. The molecule has 0 bridgehead atoms. The van der Waals surface area contributed by atoms with Crippen LogP contribution in [0.5, 0.6) is 5.75 Å². The molecule has 4 unspecified atom stereocenters. The van der Waals surface area contributed by atoms with Crippen molar-refractivity contribution in [1.29, 1.82) is 0 Å². The second-order valence-electron chi connectivity index (χ2n) is 16.6. The van der Waals surface area contributed by atoms with Crippen LogP contribution in [0.1, 0.15) is 127 Å². The fourth-order valence-corrected chi connectivity index (χ4v) is 8.36. The normalized spacial score (nSPS) is 34.3. The first-order valence-corrected chi connectivity index (χ1v) is 19.4. The van der Waals surface area contributed by atoms with Crippen molar-refractivity contribution in [1.82, 2.24) is 0 Å². The van der Waals surface area contributed by atoms with Crippen molar-refractivity contribution in [2.45, 2.75) is 141 Å². The fraction of sp³-hybridized carbons (Fsp3) is 0.545. The highest BCUT2D eigenvalue weighted by molar-refractivity contribution is 5.96. The molecule has 10 atom stereocenters. The Kier molecular flexibility index (Phi) is 11.9. The summed E-state index contributed by atoms with van der Waals surface area (Å²) in [6, 6.07) is 7.54. The number of aromatic hydroxyl groups is 1. The van der Waals surface area contributed by atoms with Gasteiger partial charge in [-0.2, -0.15) is 0 Å². The van der Waals surface area contributed by atoms with Crippen LogP contribution in [0.3, 0.4) is 0 Å². The summed E-state index contributed by atoms with van der Waals surface area (Å²) >= 11 is 0. The van der Waals surface area contributed by atoms with E-state index in [1.54, 1.807) is 19.1 Å². The average molecular weight is 759 g/mol. The zero-order valence-corrected chi connectivity index (χ0v) is 32.7. The number of aliphatic hydroxyl groups excluding tert-OH is 2.